The molecule has 3 aromatic carbocycles. The molecule has 240 valence electrons. The Balaban J connectivity index is 1.38. The van der Waals surface area contributed by atoms with E-state index >= 15 is 0 Å². The van der Waals surface area contributed by atoms with Crippen LogP contribution < -0.4 is 15.4 Å². The smallest absolute Gasteiger partial charge is 0.419 e. The Morgan fingerprint density at radius 3 is 2.43 bits per heavy atom. The maximum atomic E-state index is 13.8. The first kappa shape index (κ1) is 31.3. The molecule has 0 saturated carbocycles. The van der Waals surface area contributed by atoms with E-state index in [1.807, 2.05) is 0 Å². The molecule has 8 nitrogen and oxygen atoms in total. The predicted molar refractivity (Wildman–Crippen MR) is 153 cm³/mol. The summed E-state index contributed by atoms with van der Waals surface area (Å²) in [6, 6.07) is 9.05. The maximum absolute atomic E-state index is 13.8. The first-order chi connectivity index (χ1) is 21.7. The van der Waals surface area contributed by atoms with E-state index in [1.54, 1.807) is 6.07 Å². The second-order valence-electron chi connectivity index (χ2n) is 10.3. The lowest BCUT2D eigenvalue weighted by atomic mass is 9.93. The zero-order valence-electron chi connectivity index (χ0n) is 23.3. The standard InChI is InChI=1S/C30H20F7N3O5S/c1-43-21-7-2-13(24-18-11-44-12-22(18)45-40-24)8-17(21)27(41)39-25-16-5-3-14(29(32,33)34)9-23(16)46-26(25)28(42)38-15-4-6-20(31)19(10-15)30(35,36)37/h2-10,18,22H,11-12H2,1H3,(H,38,42)(H,39,41). The van der Waals surface area contributed by atoms with Gasteiger partial charge < -0.3 is 24.9 Å². The van der Waals surface area contributed by atoms with Crippen molar-refractivity contribution in [3.8, 4) is 5.75 Å². The van der Waals surface area contributed by atoms with Gasteiger partial charge in [-0.05, 0) is 48.5 Å². The number of oxime groups is 1. The van der Waals surface area contributed by atoms with Crippen molar-refractivity contribution in [3.05, 3.63) is 87.5 Å². The van der Waals surface area contributed by atoms with Gasteiger partial charge in [-0.3, -0.25) is 9.59 Å². The maximum Gasteiger partial charge on any atom is 0.419 e. The third-order valence-electron chi connectivity index (χ3n) is 7.40. The van der Waals surface area contributed by atoms with Crippen molar-refractivity contribution in [2.24, 2.45) is 11.1 Å². The van der Waals surface area contributed by atoms with Gasteiger partial charge in [-0.15, -0.1) is 11.3 Å². The molecule has 16 heteroatoms. The molecule has 2 N–H and O–H groups in total. The number of halogens is 7. The number of fused-ring (bicyclic) bond motifs is 2. The summed E-state index contributed by atoms with van der Waals surface area (Å²) in [5.74, 6) is -3.49. The molecule has 3 heterocycles. The number of alkyl halides is 6. The van der Waals surface area contributed by atoms with Gasteiger partial charge in [0.05, 0.1) is 54.3 Å². The number of methoxy groups -OCH3 is 1. The van der Waals surface area contributed by atoms with Crippen LogP contribution in [0.5, 0.6) is 5.75 Å². The summed E-state index contributed by atoms with van der Waals surface area (Å²) in [6.45, 7) is 0.706. The highest BCUT2D eigenvalue weighted by molar-refractivity contribution is 7.21. The number of thiophene rings is 1. The molecule has 1 aromatic heterocycles. The van der Waals surface area contributed by atoms with Gasteiger partial charge in [-0.25, -0.2) is 4.39 Å². The van der Waals surface area contributed by atoms with E-state index in [1.165, 1.54) is 19.2 Å². The van der Waals surface area contributed by atoms with Gasteiger partial charge in [0.15, 0.2) is 6.10 Å². The summed E-state index contributed by atoms with van der Waals surface area (Å²) in [4.78, 5) is 32.2. The number of amides is 2. The van der Waals surface area contributed by atoms with Crippen LogP contribution >= 0.6 is 11.3 Å². The molecule has 0 aliphatic carbocycles. The Labute approximate surface area is 258 Å². The molecule has 6 rings (SSSR count). The second-order valence-corrected chi connectivity index (χ2v) is 11.3. The van der Waals surface area contributed by atoms with E-state index in [9.17, 15) is 40.3 Å². The van der Waals surface area contributed by atoms with Crippen molar-refractivity contribution in [2.75, 3.05) is 31.0 Å². The minimum atomic E-state index is -5.06. The summed E-state index contributed by atoms with van der Waals surface area (Å²) in [5.41, 5.74) is -2.26. The van der Waals surface area contributed by atoms with Crippen LogP contribution in [0.25, 0.3) is 10.1 Å². The van der Waals surface area contributed by atoms with Crippen molar-refractivity contribution in [3.63, 3.8) is 0 Å². The van der Waals surface area contributed by atoms with Crippen molar-refractivity contribution < 1.29 is 54.6 Å². The molecule has 0 bridgehead atoms. The number of ether oxygens (including phenoxy) is 2. The first-order valence-electron chi connectivity index (χ1n) is 13.4. The van der Waals surface area contributed by atoms with Crippen LogP contribution in [0.2, 0.25) is 0 Å². The van der Waals surface area contributed by atoms with Crippen LogP contribution in [0.3, 0.4) is 0 Å². The molecule has 4 aromatic rings. The third-order valence-corrected chi connectivity index (χ3v) is 8.55. The lowest BCUT2D eigenvalue weighted by Gasteiger charge is -2.14. The van der Waals surface area contributed by atoms with Crippen molar-refractivity contribution in [1.82, 2.24) is 0 Å². The minimum Gasteiger partial charge on any atom is -0.496 e. The van der Waals surface area contributed by atoms with Crippen LogP contribution in [0.15, 0.2) is 59.8 Å². The average molecular weight is 668 g/mol. The number of anilines is 2. The molecule has 2 atom stereocenters. The molecule has 0 radical (unpaired) electrons. The summed E-state index contributed by atoms with van der Waals surface area (Å²) in [7, 11) is 1.32. The Morgan fingerprint density at radius 2 is 1.72 bits per heavy atom. The molecule has 2 unspecified atom stereocenters. The Kier molecular flexibility index (Phi) is 7.88. The molecule has 1 fully saturated rings. The molecule has 2 aliphatic rings. The zero-order chi connectivity index (χ0) is 33.0. The number of hydrogen-bond donors (Lipinski definition) is 2. The highest BCUT2D eigenvalue weighted by Gasteiger charge is 2.40. The van der Waals surface area contributed by atoms with E-state index in [-0.39, 0.29) is 44.0 Å². The summed E-state index contributed by atoms with van der Waals surface area (Å²) in [5, 5.41) is 8.96. The SMILES string of the molecule is COc1ccc(C2=NOC3COCC23)cc1C(=O)Nc1c(C(=O)Nc2ccc(F)c(C(F)(F)F)c2)sc2cc(C(F)(F)F)ccc12. The van der Waals surface area contributed by atoms with E-state index in [4.69, 9.17) is 14.3 Å². The van der Waals surface area contributed by atoms with Crippen LogP contribution in [0, 0.1) is 11.7 Å². The summed E-state index contributed by atoms with van der Waals surface area (Å²) < 4.78 is 105. The van der Waals surface area contributed by atoms with Crippen LogP contribution in [-0.4, -0.2) is 44.0 Å². The number of hydrogen-bond acceptors (Lipinski definition) is 7. The lowest BCUT2D eigenvalue weighted by Crippen LogP contribution is -2.22. The number of carbonyl (C=O) groups is 2. The highest BCUT2D eigenvalue weighted by atomic mass is 32.1. The molecular weight excluding hydrogens is 647 g/mol. The van der Waals surface area contributed by atoms with Crippen molar-refractivity contribution in [1.29, 1.82) is 0 Å². The predicted octanol–water partition coefficient (Wildman–Crippen LogP) is 7.34. The topological polar surface area (TPSA) is 98.2 Å². The summed E-state index contributed by atoms with van der Waals surface area (Å²) >= 11 is 0.572. The Hall–Kier alpha value is -4.70. The van der Waals surface area contributed by atoms with Gasteiger partial charge >= 0.3 is 12.4 Å². The first-order valence-corrected chi connectivity index (χ1v) is 14.2. The van der Waals surface area contributed by atoms with E-state index in [0.29, 0.717) is 48.0 Å². The lowest BCUT2D eigenvalue weighted by molar-refractivity contribution is -0.140. The highest BCUT2D eigenvalue weighted by Crippen LogP contribution is 2.41. The van der Waals surface area contributed by atoms with Crippen LogP contribution in [0.1, 0.15) is 36.7 Å². The molecule has 2 amide bonds. The minimum absolute atomic E-state index is 0.0176. The number of carbonyl (C=O) groups excluding carboxylic acids is 2. The normalized spacial score (nSPS) is 17.8. The monoisotopic (exact) mass is 667 g/mol. The van der Waals surface area contributed by atoms with Gasteiger partial charge in [0.1, 0.15) is 16.4 Å². The van der Waals surface area contributed by atoms with Gasteiger partial charge in [0, 0.05) is 21.3 Å². The molecule has 2 aliphatic heterocycles. The van der Waals surface area contributed by atoms with E-state index in [2.05, 4.69) is 15.8 Å². The third kappa shape index (κ3) is 5.85. The average Bonchev–Trinajstić information content (AvgIpc) is 3.72. The van der Waals surface area contributed by atoms with Gasteiger partial charge in [0.25, 0.3) is 11.8 Å². The fourth-order valence-electron chi connectivity index (χ4n) is 5.14. The number of nitrogens with one attached hydrogen (secondary N) is 2. The second kappa shape index (κ2) is 11.6. The molecule has 1 saturated heterocycles. The van der Waals surface area contributed by atoms with Crippen molar-refractivity contribution >= 4 is 50.3 Å². The van der Waals surface area contributed by atoms with Crippen molar-refractivity contribution in [2.45, 2.75) is 18.5 Å². The fraction of sp³-hybridized carbons (Fsp3) is 0.233. The largest absolute Gasteiger partial charge is 0.496 e. The zero-order valence-corrected chi connectivity index (χ0v) is 24.1. The van der Waals surface area contributed by atoms with Gasteiger partial charge in [-0.1, -0.05) is 11.2 Å². The number of nitrogens with zero attached hydrogens (tertiary/aromatic N) is 1. The fourth-order valence-corrected chi connectivity index (χ4v) is 6.24. The van der Waals surface area contributed by atoms with Gasteiger partial charge in [0.2, 0.25) is 0 Å². The number of rotatable bonds is 6. The Morgan fingerprint density at radius 1 is 0.935 bits per heavy atom. The molecule has 0 spiro atoms. The van der Waals surface area contributed by atoms with Gasteiger partial charge in [-0.2, -0.15) is 26.3 Å². The Bertz CT molecular complexity index is 1900. The quantitative estimate of drug-likeness (QED) is 0.210. The van der Waals surface area contributed by atoms with E-state index in [0.717, 1.165) is 24.3 Å². The molecular formula is C30H20F7N3O5S. The number of benzene rings is 3. The van der Waals surface area contributed by atoms with E-state index < -0.39 is 46.8 Å². The van der Waals surface area contributed by atoms with Crippen LogP contribution in [0.4, 0.5) is 42.1 Å². The molecule has 46 heavy (non-hydrogen) atoms. The van der Waals surface area contributed by atoms with Crippen LogP contribution in [-0.2, 0) is 21.9 Å². The summed E-state index contributed by atoms with van der Waals surface area (Å²) in [6.07, 6.45) is -10.1.